The maximum Gasteiger partial charge on any atom is 0.0991 e. The third kappa shape index (κ3) is 2.27. The zero-order valence-electron chi connectivity index (χ0n) is 11.4. The molecule has 0 spiro atoms. The summed E-state index contributed by atoms with van der Waals surface area (Å²) >= 11 is 0. The van der Waals surface area contributed by atoms with Gasteiger partial charge >= 0.3 is 0 Å². The molecule has 0 saturated carbocycles. The van der Waals surface area contributed by atoms with Gasteiger partial charge in [-0.05, 0) is 68.6 Å². The molecule has 0 bridgehead atoms. The van der Waals surface area contributed by atoms with Crippen LogP contribution in [0.2, 0.25) is 0 Å². The normalized spacial score (nSPS) is 24.2. The highest BCUT2D eigenvalue weighted by molar-refractivity contribution is 5.44. The average Bonchev–Trinajstić information content (AvgIpc) is 2.74. The molecule has 1 heterocycles. The summed E-state index contributed by atoms with van der Waals surface area (Å²) in [6.07, 6.45) is 1.10. The lowest BCUT2D eigenvalue weighted by Crippen LogP contribution is -2.21. The zero-order chi connectivity index (χ0) is 13.3. The van der Waals surface area contributed by atoms with Crippen LogP contribution in [0.25, 0.3) is 0 Å². The fourth-order valence-corrected chi connectivity index (χ4v) is 2.94. The number of hydrogen-bond donors (Lipinski definition) is 1. The van der Waals surface area contributed by atoms with Crippen molar-refractivity contribution in [3.05, 3.63) is 34.4 Å². The number of aryl methyl sites for hydroxylation is 1. The number of hydrogen-bond acceptors (Lipinski definition) is 3. The minimum Gasteiger partial charge on any atom is -0.330 e. The number of rotatable bonds is 2. The molecule has 0 aromatic heterocycles. The second-order valence-electron chi connectivity index (χ2n) is 5.41. The monoisotopic (exact) mass is 243 g/mol. The van der Waals surface area contributed by atoms with E-state index >= 15 is 0 Å². The van der Waals surface area contributed by atoms with E-state index in [0.29, 0.717) is 12.0 Å². The average molecular weight is 243 g/mol. The minimum absolute atomic E-state index is 0.408. The van der Waals surface area contributed by atoms with Crippen molar-refractivity contribution in [2.75, 3.05) is 20.1 Å². The highest BCUT2D eigenvalue weighted by Crippen LogP contribution is 2.36. The lowest BCUT2D eigenvalue weighted by Gasteiger charge is -2.22. The lowest BCUT2D eigenvalue weighted by atomic mass is 9.92. The second-order valence-corrected chi connectivity index (χ2v) is 5.41. The van der Waals surface area contributed by atoms with E-state index in [4.69, 9.17) is 11.0 Å². The molecule has 1 aromatic carbocycles. The van der Waals surface area contributed by atoms with Gasteiger partial charge in [-0.15, -0.1) is 0 Å². The van der Waals surface area contributed by atoms with Gasteiger partial charge < -0.3 is 5.73 Å². The van der Waals surface area contributed by atoms with E-state index in [0.717, 1.165) is 25.1 Å². The van der Waals surface area contributed by atoms with Crippen LogP contribution >= 0.6 is 0 Å². The van der Waals surface area contributed by atoms with Crippen LogP contribution in [-0.2, 0) is 0 Å². The minimum atomic E-state index is 0.408. The number of nitrogens with two attached hydrogens (primary N) is 1. The molecule has 1 aliphatic rings. The summed E-state index contributed by atoms with van der Waals surface area (Å²) in [5.74, 6) is 0.574. The number of benzene rings is 1. The second kappa shape index (κ2) is 5.09. The molecule has 3 nitrogen and oxygen atoms in total. The predicted molar refractivity (Wildman–Crippen MR) is 73.2 cm³/mol. The molecule has 2 unspecified atom stereocenters. The van der Waals surface area contributed by atoms with Crippen LogP contribution in [0, 0.1) is 31.1 Å². The third-order valence-electron chi connectivity index (χ3n) is 4.16. The Bertz CT molecular complexity index is 487. The standard InChI is InChI=1S/C15H21N3/c1-10-4-12(7-16)5-14(11(10)2)15-6-13(8-17)9-18(15)3/h4-5,13,15H,6,8-9,17H2,1-3H3. The Hall–Kier alpha value is -1.37. The SMILES string of the molecule is Cc1cc(C#N)cc(C2CC(CN)CN2C)c1C. The summed E-state index contributed by atoms with van der Waals surface area (Å²) in [6.45, 7) is 6.03. The molecule has 2 atom stereocenters. The summed E-state index contributed by atoms with van der Waals surface area (Å²) < 4.78 is 0. The van der Waals surface area contributed by atoms with Crippen LogP contribution in [-0.4, -0.2) is 25.0 Å². The molecule has 2 rings (SSSR count). The summed E-state index contributed by atoms with van der Waals surface area (Å²) in [5, 5.41) is 9.10. The predicted octanol–water partition coefficient (Wildman–Crippen LogP) is 2.13. The Balaban J connectivity index is 2.39. The van der Waals surface area contributed by atoms with Crippen molar-refractivity contribution in [1.82, 2.24) is 4.90 Å². The van der Waals surface area contributed by atoms with Crippen molar-refractivity contribution >= 4 is 0 Å². The molecule has 3 heteroatoms. The van der Waals surface area contributed by atoms with Crippen LogP contribution in [0.5, 0.6) is 0 Å². The quantitative estimate of drug-likeness (QED) is 0.865. The Kier molecular flexibility index (Phi) is 3.70. The Morgan fingerprint density at radius 1 is 1.44 bits per heavy atom. The van der Waals surface area contributed by atoms with Gasteiger partial charge in [-0.25, -0.2) is 0 Å². The van der Waals surface area contributed by atoms with Gasteiger partial charge in [0, 0.05) is 12.6 Å². The maximum absolute atomic E-state index is 9.10. The van der Waals surface area contributed by atoms with Gasteiger partial charge in [0.15, 0.2) is 0 Å². The van der Waals surface area contributed by atoms with Gasteiger partial charge in [0.1, 0.15) is 0 Å². The third-order valence-corrected chi connectivity index (χ3v) is 4.16. The van der Waals surface area contributed by atoms with Crippen molar-refractivity contribution in [1.29, 1.82) is 5.26 Å². The molecule has 96 valence electrons. The van der Waals surface area contributed by atoms with Gasteiger partial charge in [0.05, 0.1) is 11.6 Å². The topological polar surface area (TPSA) is 53.1 Å². The van der Waals surface area contributed by atoms with Crippen LogP contribution in [0.1, 0.15) is 34.7 Å². The van der Waals surface area contributed by atoms with Gasteiger partial charge in [-0.3, -0.25) is 4.90 Å². The van der Waals surface area contributed by atoms with E-state index in [9.17, 15) is 0 Å². The molecule has 0 amide bonds. The smallest absolute Gasteiger partial charge is 0.0991 e. The van der Waals surface area contributed by atoms with Gasteiger partial charge in [0.25, 0.3) is 0 Å². The van der Waals surface area contributed by atoms with Crippen LogP contribution in [0.15, 0.2) is 12.1 Å². The number of nitriles is 1. The van der Waals surface area contributed by atoms with Crippen LogP contribution in [0.3, 0.4) is 0 Å². The maximum atomic E-state index is 9.10. The first-order valence-electron chi connectivity index (χ1n) is 6.48. The lowest BCUT2D eigenvalue weighted by molar-refractivity contribution is 0.312. The van der Waals surface area contributed by atoms with E-state index in [1.807, 2.05) is 12.1 Å². The molecular formula is C15H21N3. The summed E-state index contributed by atoms with van der Waals surface area (Å²) in [5.41, 5.74) is 10.4. The molecule has 18 heavy (non-hydrogen) atoms. The summed E-state index contributed by atoms with van der Waals surface area (Å²) in [7, 11) is 2.15. The van der Waals surface area contributed by atoms with Gasteiger partial charge in [-0.2, -0.15) is 5.26 Å². The summed E-state index contributed by atoms with van der Waals surface area (Å²) in [4.78, 5) is 2.36. The first kappa shape index (κ1) is 13.1. The van der Waals surface area contributed by atoms with Crippen molar-refractivity contribution < 1.29 is 0 Å². The largest absolute Gasteiger partial charge is 0.330 e. The molecule has 2 N–H and O–H groups in total. The van der Waals surface area contributed by atoms with E-state index in [1.54, 1.807) is 0 Å². The summed E-state index contributed by atoms with van der Waals surface area (Å²) in [6, 6.07) is 6.67. The van der Waals surface area contributed by atoms with Gasteiger partial charge in [0.2, 0.25) is 0 Å². The molecule has 1 aliphatic heterocycles. The Morgan fingerprint density at radius 2 is 2.17 bits per heavy atom. The molecule has 1 saturated heterocycles. The van der Waals surface area contributed by atoms with Crippen molar-refractivity contribution in [2.24, 2.45) is 11.7 Å². The first-order chi connectivity index (χ1) is 8.56. The highest BCUT2D eigenvalue weighted by Gasteiger charge is 2.30. The van der Waals surface area contributed by atoms with Gasteiger partial charge in [-0.1, -0.05) is 0 Å². The molecule has 0 radical (unpaired) electrons. The Morgan fingerprint density at radius 3 is 2.72 bits per heavy atom. The van der Waals surface area contributed by atoms with E-state index in [2.05, 4.69) is 31.9 Å². The number of likely N-dealkylation sites (tertiary alicyclic amines) is 1. The Labute approximate surface area is 109 Å². The van der Waals surface area contributed by atoms with Crippen LogP contribution < -0.4 is 5.73 Å². The van der Waals surface area contributed by atoms with E-state index in [-0.39, 0.29) is 0 Å². The van der Waals surface area contributed by atoms with Crippen LogP contribution in [0.4, 0.5) is 0 Å². The van der Waals surface area contributed by atoms with E-state index < -0.39 is 0 Å². The molecule has 1 fully saturated rings. The van der Waals surface area contributed by atoms with Crippen molar-refractivity contribution in [3.8, 4) is 6.07 Å². The van der Waals surface area contributed by atoms with Crippen molar-refractivity contribution in [3.63, 3.8) is 0 Å². The number of nitrogens with zero attached hydrogens (tertiary/aromatic N) is 2. The van der Waals surface area contributed by atoms with Crippen molar-refractivity contribution in [2.45, 2.75) is 26.3 Å². The first-order valence-corrected chi connectivity index (χ1v) is 6.48. The molecular weight excluding hydrogens is 222 g/mol. The highest BCUT2D eigenvalue weighted by atomic mass is 15.2. The zero-order valence-corrected chi connectivity index (χ0v) is 11.4. The molecule has 0 aliphatic carbocycles. The fraction of sp³-hybridized carbons (Fsp3) is 0.533. The van der Waals surface area contributed by atoms with E-state index in [1.165, 1.54) is 16.7 Å². The molecule has 1 aromatic rings. The fourth-order valence-electron chi connectivity index (χ4n) is 2.94.